The Morgan fingerprint density at radius 2 is 1.83 bits per heavy atom. The van der Waals surface area contributed by atoms with Gasteiger partial charge in [0.1, 0.15) is 11.2 Å². The van der Waals surface area contributed by atoms with Gasteiger partial charge in [-0.2, -0.15) is 0 Å². The van der Waals surface area contributed by atoms with E-state index >= 15 is 0 Å². The molecule has 0 unspecified atom stereocenters. The van der Waals surface area contributed by atoms with E-state index < -0.39 is 0 Å². The zero-order chi connectivity index (χ0) is 8.55. The van der Waals surface area contributed by atoms with Gasteiger partial charge in [0, 0.05) is 6.07 Å². The van der Waals surface area contributed by atoms with Gasteiger partial charge < -0.3 is 9.97 Å². The van der Waals surface area contributed by atoms with Crippen molar-refractivity contribution in [2.75, 3.05) is 0 Å². The monoisotopic (exact) mass is 163 g/mol. The van der Waals surface area contributed by atoms with Crippen molar-refractivity contribution in [3.05, 3.63) is 39.0 Å². The summed E-state index contributed by atoms with van der Waals surface area (Å²) in [4.78, 5) is 30.3. The molecule has 2 heterocycles. The highest BCUT2D eigenvalue weighted by Crippen LogP contribution is 1.96. The average molecular weight is 163 g/mol. The quantitative estimate of drug-likeness (QED) is 0.555. The molecule has 0 atom stereocenters. The number of H-pyrrole nitrogens is 2. The molecule has 5 nitrogen and oxygen atoms in total. The van der Waals surface area contributed by atoms with Gasteiger partial charge in [0.15, 0.2) is 0 Å². The number of hydrogen-bond donors (Lipinski definition) is 2. The number of aromatic amines is 2. The highest BCUT2D eigenvalue weighted by Gasteiger charge is 1.94. The molecule has 0 bridgehead atoms. The minimum Gasteiger partial charge on any atom is -0.307 e. The zero-order valence-electron chi connectivity index (χ0n) is 6.00. The third kappa shape index (κ3) is 1.01. The van der Waals surface area contributed by atoms with E-state index in [-0.39, 0.29) is 11.1 Å². The Morgan fingerprint density at radius 1 is 1.08 bits per heavy atom. The van der Waals surface area contributed by atoms with Crippen LogP contribution in [0.1, 0.15) is 0 Å². The van der Waals surface area contributed by atoms with Crippen LogP contribution in [0.3, 0.4) is 0 Å². The molecule has 0 fully saturated rings. The molecule has 0 aliphatic carbocycles. The van der Waals surface area contributed by atoms with Gasteiger partial charge in [-0.1, -0.05) is 0 Å². The summed E-state index contributed by atoms with van der Waals surface area (Å²) < 4.78 is 0. The van der Waals surface area contributed by atoms with Crippen molar-refractivity contribution in [2.24, 2.45) is 0 Å². The van der Waals surface area contributed by atoms with Crippen molar-refractivity contribution < 1.29 is 0 Å². The van der Waals surface area contributed by atoms with Crippen LogP contribution in [0, 0.1) is 0 Å². The van der Waals surface area contributed by atoms with Gasteiger partial charge in [-0.05, 0) is 6.07 Å². The summed E-state index contributed by atoms with van der Waals surface area (Å²) in [6.07, 6.45) is 1.17. The Balaban J connectivity index is 2.98. The molecule has 0 radical (unpaired) electrons. The largest absolute Gasteiger partial charge is 0.307 e. The van der Waals surface area contributed by atoms with Gasteiger partial charge in [-0.15, -0.1) is 0 Å². The summed E-state index contributed by atoms with van der Waals surface area (Å²) in [5.74, 6) is 0. The van der Waals surface area contributed by atoms with Crippen LogP contribution in [0.15, 0.2) is 27.9 Å². The Bertz CT molecular complexity index is 481. The first-order valence-corrected chi connectivity index (χ1v) is 3.34. The first-order chi connectivity index (χ1) is 5.75. The SMILES string of the molecule is O=c1ccc2ncc(=O)[nH]c2[nH]1. The summed E-state index contributed by atoms with van der Waals surface area (Å²) in [6, 6.07) is 2.90. The number of aromatic nitrogens is 3. The van der Waals surface area contributed by atoms with E-state index in [1.807, 2.05) is 0 Å². The lowest BCUT2D eigenvalue weighted by molar-refractivity contribution is 1.15. The fourth-order valence-electron chi connectivity index (χ4n) is 0.953. The van der Waals surface area contributed by atoms with Crippen LogP contribution in [0.4, 0.5) is 0 Å². The molecule has 0 amide bonds. The van der Waals surface area contributed by atoms with E-state index in [9.17, 15) is 9.59 Å². The molecule has 0 aliphatic heterocycles. The van der Waals surface area contributed by atoms with Crippen molar-refractivity contribution in [3.8, 4) is 0 Å². The maximum Gasteiger partial charge on any atom is 0.267 e. The van der Waals surface area contributed by atoms with Crippen LogP contribution in [0.25, 0.3) is 11.2 Å². The molecular formula is C7H5N3O2. The first-order valence-electron chi connectivity index (χ1n) is 3.34. The van der Waals surface area contributed by atoms with Crippen molar-refractivity contribution in [1.29, 1.82) is 0 Å². The standard InChI is InChI=1S/C7H5N3O2/c11-5-2-1-4-7(9-5)10-6(12)3-8-4/h1-3H,(H2,9,10,11,12). The topological polar surface area (TPSA) is 78.6 Å². The van der Waals surface area contributed by atoms with E-state index in [4.69, 9.17) is 0 Å². The molecule has 0 saturated heterocycles. The van der Waals surface area contributed by atoms with Gasteiger partial charge >= 0.3 is 0 Å². The van der Waals surface area contributed by atoms with Crippen LogP contribution in [-0.4, -0.2) is 15.0 Å². The lowest BCUT2D eigenvalue weighted by Crippen LogP contribution is -2.10. The van der Waals surface area contributed by atoms with Crippen LogP contribution >= 0.6 is 0 Å². The van der Waals surface area contributed by atoms with Crippen LogP contribution < -0.4 is 11.1 Å². The first kappa shape index (κ1) is 6.78. The number of hydrogen-bond acceptors (Lipinski definition) is 3. The number of rotatable bonds is 0. The Kier molecular flexibility index (Phi) is 1.30. The molecule has 0 aromatic carbocycles. The summed E-state index contributed by atoms with van der Waals surface area (Å²) in [5, 5.41) is 0. The second-order valence-electron chi connectivity index (χ2n) is 2.33. The lowest BCUT2D eigenvalue weighted by Gasteiger charge is -1.92. The van der Waals surface area contributed by atoms with E-state index in [1.54, 1.807) is 6.07 Å². The Morgan fingerprint density at radius 3 is 2.67 bits per heavy atom. The lowest BCUT2D eigenvalue weighted by atomic mass is 10.4. The van der Waals surface area contributed by atoms with Crippen molar-refractivity contribution in [2.45, 2.75) is 0 Å². The maximum atomic E-state index is 10.8. The zero-order valence-corrected chi connectivity index (χ0v) is 6.00. The normalized spacial score (nSPS) is 10.3. The Hall–Kier alpha value is -1.91. The Labute approximate surface area is 66.1 Å². The fourth-order valence-corrected chi connectivity index (χ4v) is 0.953. The van der Waals surface area contributed by atoms with Crippen LogP contribution in [0.5, 0.6) is 0 Å². The number of nitrogens with one attached hydrogen (secondary N) is 2. The predicted octanol–water partition coefficient (Wildman–Crippen LogP) is -0.389. The number of pyridine rings is 1. The van der Waals surface area contributed by atoms with Crippen molar-refractivity contribution in [1.82, 2.24) is 15.0 Å². The minimum absolute atomic E-state index is 0.258. The molecule has 2 N–H and O–H groups in total. The van der Waals surface area contributed by atoms with E-state index in [2.05, 4.69) is 15.0 Å². The minimum atomic E-state index is -0.329. The molecular weight excluding hydrogens is 158 g/mol. The molecule has 0 aliphatic rings. The second-order valence-corrected chi connectivity index (χ2v) is 2.33. The summed E-state index contributed by atoms with van der Waals surface area (Å²) in [5.41, 5.74) is 0.333. The van der Waals surface area contributed by atoms with Gasteiger partial charge in [0.25, 0.3) is 5.56 Å². The number of nitrogens with zero attached hydrogens (tertiary/aromatic N) is 1. The highest BCUT2D eigenvalue weighted by molar-refractivity contribution is 5.67. The smallest absolute Gasteiger partial charge is 0.267 e. The van der Waals surface area contributed by atoms with Crippen LogP contribution in [-0.2, 0) is 0 Å². The third-order valence-electron chi connectivity index (χ3n) is 1.47. The molecule has 2 aromatic rings. The number of fused-ring (bicyclic) bond motifs is 1. The van der Waals surface area contributed by atoms with E-state index in [1.165, 1.54) is 12.3 Å². The molecule has 0 spiro atoms. The molecule has 5 heteroatoms. The fraction of sp³-hybridized carbons (Fsp3) is 0. The maximum absolute atomic E-state index is 10.8. The van der Waals surface area contributed by atoms with E-state index in [0.717, 1.165) is 0 Å². The second kappa shape index (κ2) is 2.30. The van der Waals surface area contributed by atoms with E-state index in [0.29, 0.717) is 11.2 Å². The molecule has 2 aromatic heterocycles. The molecule has 60 valence electrons. The highest BCUT2D eigenvalue weighted by atomic mass is 16.1. The predicted molar refractivity (Wildman–Crippen MR) is 43.0 cm³/mol. The summed E-state index contributed by atoms with van der Waals surface area (Å²) in [6.45, 7) is 0. The third-order valence-corrected chi connectivity index (χ3v) is 1.47. The van der Waals surface area contributed by atoms with Gasteiger partial charge in [-0.25, -0.2) is 4.98 Å². The average Bonchev–Trinajstić information content (AvgIpc) is 2.03. The van der Waals surface area contributed by atoms with Gasteiger partial charge in [0.2, 0.25) is 5.56 Å². The summed E-state index contributed by atoms with van der Waals surface area (Å²) >= 11 is 0. The van der Waals surface area contributed by atoms with Gasteiger partial charge in [-0.3, -0.25) is 9.59 Å². The molecule has 2 rings (SSSR count). The van der Waals surface area contributed by atoms with Gasteiger partial charge in [0.05, 0.1) is 6.20 Å². The molecule has 0 saturated carbocycles. The van der Waals surface area contributed by atoms with Crippen LogP contribution in [0.2, 0.25) is 0 Å². The van der Waals surface area contributed by atoms with Crippen molar-refractivity contribution in [3.63, 3.8) is 0 Å². The molecule has 12 heavy (non-hydrogen) atoms. The summed E-state index contributed by atoms with van der Waals surface area (Å²) in [7, 11) is 0. The van der Waals surface area contributed by atoms with Crippen molar-refractivity contribution >= 4 is 11.2 Å².